The number of pyridine rings is 1. The van der Waals surface area contributed by atoms with Crippen molar-refractivity contribution in [1.29, 1.82) is 0 Å². The number of carbonyl (C=O) groups is 2. The van der Waals surface area contributed by atoms with Crippen LogP contribution in [0.3, 0.4) is 0 Å². The lowest BCUT2D eigenvalue weighted by atomic mass is 9.86. The van der Waals surface area contributed by atoms with Crippen LogP contribution >= 0.6 is 11.6 Å². The lowest BCUT2D eigenvalue weighted by molar-refractivity contribution is -0.114. The van der Waals surface area contributed by atoms with Crippen LogP contribution in [0.5, 0.6) is 0 Å². The van der Waals surface area contributed by atoms with E-state index >= 15 is 0 Å². The number of furan rings is 1. The average Bonchev–Trinajstić information content (AvgIpc) is 3.44. The van der Waals surface area contributed by atoms with Crippen molar-refractivity contribution in [3.05, 3.63) is 88.7 Å². The number of primary amides is 1. The van der Waals surface area contributed by atoms with Crippen molar-refractivity contribution in [3.63, 3.8) is 0 Å². The highest BCUT2D eigenvalue weighted by Gasteiger charge is 2.24. The molecule has 0 aliphatic heterocycles. The van der Waals surface area contributed by atoms with E-state index in [1.807, 2.05) is 50.3 Å². The minimum Gasteiger partial charge on any atom is -0.451 e. The molecule has 0 radical (unpaired) electrons. The Morgan fingerprint density at radius 2 is 1.51 bits per heavy atom. The van der Waals surface area contributed by atoms with E-state index in [9.17, 15) is 9.59 Å². The van der Waals surface area contributed by atoms with E-state index in [-0.39, 0.29) is 17.1 Å². The minimum absolute atomic E-state index is 0.00842. The van der Waals surface area contributed by atoms with Crippen molar-refractivity contribution in [2.45, 2.75) is 134 Å². The number of fused-ring (bicyclic) bond motifs is 1. The molecule has 2 aromatic heterocycles. The molecule has 0 unspecified atom stereocenters. The number of benzene rings is 1. The zero-order chi connectivity index (χ0) is 37.9. The number of nitrogens with zero attached hydrogens (tertiary/aromatic N) is 1. The van der Waals surface area contributed by atoms with Gasteiger partial charge in [0.15, 0.2) is 11.3 Å². The van der Waals surface area contributed by atoms with Gasteiger partial charge < -0.3 is 10.2 Å². The Kier molecular flexibility index (Phi) is 20.7. The van der Waals surface area contributed by atoms with E-state index in [4.69, 9.17) is 26.7 Å². The van der Waals surface area contributed by atoms with Gasteiger partial charge in [-0.1, -0.05) is 163 Å². The van der Waals surface area contributed by atoms with E-state index in [1.165, 1.54) is 31.3 Å². The van der Waals surface area contributed by atoms with Crippen LogP contribution in [-0.4, -0.2) is 16.7 Å². The maximum atomic E-state index is 12.3. The molecular weight excluding hydrogens is 628 g/mol. The first kappa shape index (κ1) is 45.6. The van der Waals surface area contributed by atoms with Crippen LogP contribution < -0.4 is 5.73 Å². The molecule has 272 valence electrons. The van der Waals surface area contributed by atoms with E-state index < -0.39 is 5.91 Å². The predicted molar refractivity (Wildman–Crippen MR) is 213 cm³/mol. The summed E-state index contributed by atoms with van der Waals surface area (Å²) < 4.78 is 5.93. The van der Waals surface area contributed by atoms with Crippen LogP contribution in [-0.2, 0) is 10.2 Å². The summed E-state index contributed by atoms with van der Waals surface area (Å²) in [5.41, 5.74) is 11.3. The number of Topliss-reactive ketones (excluding diaryl/α,β-unsaturated/α-hetero) is 1. The van der Waals surface area contributed by atoms with Gasteiger partial charge in [0.2, 0.25) is 11.7 Å². The highest BCUT2D eigenvalue weighted by atomic mass is 35.5. The number of amides is 1. The zero-order valence-electron chi connectivity index (χ0n) is 32.9. The van der Waals surface area contributed by atoms with Gasteiger partial charge in [-0.2, -0.15) is 0 Å². The summed E-state index contributed by atoms with van der Waals surface area (Å²) in [4.78, 5) is 27.6. The average molecular weight is 693 g/mol. The molecule has 0 fully saturated rings. The van der Waals surface area contributed by atoms with Gasteiger partial charge in [0.1, 0.15) is 5.52 Å². The molecule has 0 spiro atoms. The first-order valence-corrected chi connectivity index (χ1v) is 18.2. The van der Waals surface area contributed by atoms with Crippen LogP contribution in [0.15, 0.2) is 76.8 Å². The number of carbonyl (C=O) groups excluding carboxylic acids is 2. The fourth-order valence-corrected chi connectivity index (χ4v) is 4.52. The SMILES string of the molecule is C=C(/C=C\C=C(\C)CCC)C(N)=O.CC(C)C(=O)c1cc2nc(-c3ccc(Cl)cc3)cc(C(C)(C)C)c2o1.CCCC.CCCC(C)(C)C. The summed E-state index contributed by atoms with van der Waals surface area (Å²) >= 11 is 5.99. The molecule has 0 aliphatic rings. The summed E-state index contributed by atoms with van der Waals surface area (Å²) in [6.07, 6.45) is 12.9. The van der Waals surface area contributed by atoms with E-state index in [0.717, 1.165) is 29.7 Å². The van der Waals surface area contributed by atoms with E-state index in [1.54, 1.807) is 18.2 Å². The van der Waals surface area contributed by atoms with Crippen molar-refractivity contribution in [3.8, 4) is 11.3 Å². The number of nitrogens with two attached hydrogens (primary N) is 1. The Hall–Kier alpha value is -3.44. The normalized spacial score (nSPS) is 11.7. The van der Waals surface area contributed by atoms with Gasteiger partial charge in [-0.15, -0.1) is 0 Å². The number of halogens is 1. The van der Waals surface area contributed by atoms with Crippen molar-refractivity contribution in [1.82, 2.24) is 4.98 Å². The van der Waals surface area contributed by atoms with Crippen LogP contribution in [0.25, 0.3) is 22.4 Å². The quantitative estimate of drug-likeness (QED) is 0.130. The summed E-state index contributed by atoms with van der Waals surface area (Å²) in [6, 6.07) is 11.4. The Labute approximate surface area is 303 Å². The lowest BCUT2D eigenvalue weighted by Gasteiger charge is -2.20. The summed E-state index contributed by atoms with van der Waals surface area (Å²) in [7, 11) is 0. The number of unbranched alkanes of at least 4 members (excludes halogenated alkanes) is 1. The fraction of sp³-hybridized carbons (Fsp3) is 0.512. The largest absolute Gasteiger partial charge is 0.451 e. The zero-order valence-corrected chi connectivity index (χ0v) is 33.6. The van der Waals surface area contributed by atoms with Gasteiger partial charge in [-0.3, -0.25) is 9.59 Å². The number of ketones is 1. The summed E-state index contributed by atoms with van der Waals surface area (Å²) in [5, 5.41) is 0.689. The Morgan fingerprint density at radius 3 is 1.92 bits per heavy atom. The van der Waals surface area contributed by atoms with Gasteiger partial charge in [0.25, 0.3) is 0 Å². The van der Waals surface area contributed by atoms with E-state index in [0.29, 0.717) is 32.9 Å². The van der Waals surface area contributed by atoms with Gasteiger partial charge in [-0.05, 0) is 48.8 Å². The Morgan fingerprint density at radius 1 is 0.939 bits per heavy atom. The molecule has 3 rings (SSSR count). The molecule has 49 heavy (non-hydrogen) atoms. The lowest BCUT2D eigenvalue weighted by Crippen LogP contribution is -2.12. The molecule has 0 saturated carbocycles. The Bertz CT molecular complexity index is 1510. The van der Waals surface area contributed by atoms with Crippen molar-refractivity contribution >= 4 is 34.4 Å². The number of rotatable bonds is 10. The van der Waals surface area contributed by atoms with Crippen LogP contribution in [0.4, 0.5) is 0 Å². The third-order valence-corrected chi connectivity index (χ3v) is 7.59. The summed E-state index contributed by atoms with van der Waals surface area (Å²) in [6.45, 7) is 31.2. The van der Waals surface area contributed by atoms with Crippen LogP contribution in [0, 0.1) is 11.3 Å². The molecule has 1 aromatic carbocycles. The molecule has 3 aromatic rings. The smallest absolute Gasteiger partial charge is 0.248 e. The second-order valence-corrected chi connectivity index (χ2v) is 15.4. The maximum absolute atomic E-state index is 12.3. The van der Waals surface area contributed by atoms with Gasteiger partial charge >= 0.3 is 0 Å². The third kappa shape index (κ3) is 18.2. The van der Waals surface area contributed by atoms with Crippen LogP contribution in [0.1, 0.15) is 145 Å². The van der Waals surface area contributed by atoms with Gasteiger partial charge in [0, 0.05) is 33.7 Å². The molecule has 5 nitrogen and oxygen atoms in total. The minimum atomic E-state index is -0.474. The van der Waals surface area contributed by atoms with Gasteiger partial charge in [0.05, 0.1) is 5.69 Å². The second-order valence-electron chi connectivity index (χ2n) is 15.0. The molecule has 1 amide bonds. The van der Waals surface area contributed by atoms with Crippen molar-refractivity contribution in [2.24, 2.45) is 17.1 Å². The molecule has 0 atom stereocenters. The third-order valence-electron chi connectivity index (χ3n) is 7.33. The Balaban J connectivity index is 0.000000801. The predicted octanol–water partition coefficient (Wildman–Crippen LogP) is 13.3. The van der Waals surface area contributed by atoms with Crippen molar-refractivity contribution < 1.29 is 14.0 Å². The standard InChI is InChI=1S/C21H22ClNO2.C11H17NO.C7H16.C4H10/c1-12(2)19(24)18-11-17-20(25-18)15(21(3,4)5)10-16(23-17)13-6-8-14(22)9-7-13;1-4-6-9(2)7-5-8-10(3)11(12)13;1-5-6-7(2,3)4;1-3-4-2/h6-12H,1-5H3;5,7-8H,3-4,6H2,1-2H3,(H2,12,13);5-6H2,1-4H3;3-4H2,1-2H3/b;8-5-,9-7-;;. The molecule has 0 aliphatic carbocycles. The maximum Gasteiger partial charge on any atom is 0.248 e. The fourth-order valence-electron chi connectivity index (χ4n) is 4.39. The molecule has 0 bridgehead atoms. The highest BCUT2D eigenvalue weighted by molar-refractivity contribution is 6.30. The number of allylic oxidation sites excluding steroid dienone is 3. The number of aromatic nitrogens is 1. The highest BCUT2D eigenvalue weighted by Crippen LogP contribution is 2.35. The molecule has 0 saturated heterocycles. The second kappa shape index (κ2) is 22.3. The topological polar surface area (TPSA) is 86.2 Å². The monoisotopic (exact) mass is 692 g/mol. The molecule has 6 heteroatoms. The van der Waals surface area contributed by atoms with E-state index in [2.05, 4.69) is 82.7 Å². The molecule has 2 N–H and O–H groups in total. The van der Waals surface area contributed by atoms with Gasteiger partial charge in [-0.25, -0.2) is 4.98 Å². The molecular formula is C43H65ClN2O3. The first-order chi connectivity index (χ1) is 22.7. The number of hydrogen-bond acceptors (Lipinski definition) is 4. The first-order valence-electron chi connectivity index (χ1n) is 17.8. The van der Waals surface area contributed by atoms with Crippen LogP contribution in [0.2, 0.25) is 5.02 Å². The van der Waals surface area contributed by atoms with Crippen molar-refractivity contribution in [2.75, 3.05) is 0 Å². The molecule has 2 heterocycles. The number of hydrogen-bond donors (Lipinski definition) is 1. The summed E-state index contributed by atoms with van der Waals surface area (Å²) in [5.74, 6) is -0.227.